The quantitative estimate of drug-likeness (QED) is 0.444. The van der Waals surface area contributed by atoms with Gasteiger partial charge in [-0.2, -0.15) is 0 Å². The van der Waals surface area contributed by atoms with Crippen molar-refractivity contribution in [2.24, 2.45) is 0 Å². The molecule has 1 amide bonds. The standard InChI is InChI=1S/C9H18N2O4/c1-5-6-7(11(13)14)10-8(12)15-9(2,3)4/h7H,5-6H2,1-4H3,(H,10,12). The van der Waals surface area contributed by atoms with Gasteiger partial charge in [0, 0.05) is 11.3 Å². The number of nitro groups is 1. The summed E-state index contributed by atoms with van der Waals surface area (Å²) in [7, 11) is 0. The first-order valence-corrected chi connectivity index (χ1v) is 4.89. The lowest BCUT2D eigenvalue weighted by Gasteiger charge is -2.20. The van der Waals surface area contributed by atoms with Crippen molar-refractivity contribution in [3.8, 4) is 0 Å². The average molecular weight is 218 g/mol. The maximum atomic E-state index is 11.2. The maximum absolute atomic E-state index is 11.2. The van der Waals surface area contributed by atoms with Crippen molar-refractivity contribution in [1.29, 1.82) is 0 Å². The van der Waals surface area contributed by atoms with Crippen LogP contribution in [0.5, 0.6) is 0 Å². The topological polar surface area (TPSA) is 81.5 Å². The third kappa shape index (κ3) is 6.70. The number of hydrogen-bond acceptors (Lipinski definition) is 4. The van der Waals surface area contributed by atoms with E-state index in [2.05, 4.69) is 5.32 Å². The van der Waals surface area contributed by atoms with Gasteiger partial charge < -0.3 is 4.74 Å². The monoisotopic (exact) mass is 218 g/mol. The van der Waals surface area contributed by atoms with Gasteiger partial charge in [0.15, 0.2) is 0 Å². The third-order valence-electron chi connectivity index (χ3n) is 1.50. The van der Waals surface area contributed by atoms with Crippen molar-refractivity contribution >= 4 is 6.09 Å². The fourth-order valence-corrected chi connectivity index (χ4v) is 0.947. The van der Waals surface area contributed by atoms with E-state index in [-0.39, 0.29) is 0 Å². The Morgan fingerprint density at radius 1 is 1.53 bits per heavy atom. The molecule has 0 aromatic rings. The number of alkyl carbamates (subject to hydrolysis) is 1. The lowest BCUT2D eigenvalue weighted by Crippen LogP contribution is -2.43. The van der Waals surface area contributed by atoms with Gasteiger partial charge in [-0.05, 0) is 27.2 Å². The van der Waals surface area contributed by atoms with Crippen molar-refractivity contribution in [1.82, 2.24) is 5.32 Å². The van der Waals surface area contributed by atoms with Crippen LogP contribution in [0.4, 0.5) is 4.79 Å². The van der Waals surface area contributed by atoms with Crippen LogP contribution in [0.1, 0.15) is 40.5 Å². The van der Waals surface area contributed by atoms with E-state index in [0.717, 1.165) is 0 Å². The van der Waals surface area contributed by atoms with Gasteiger partial charge in [-0.3, -0.25) is 15.4 Å². The van der Waals surface area contributed by atoms with Crippen LogP contribution < -0.4 is 5.32 Å². The predicted molar refractivity (Wildman–Crippen MR) is 55.1 cm³/mol. The van der Waals surface area contributed by atoms with Gasteiger partial charge in [0.1, 0.15) is 5.60 Å². The van der Waals surface area contributed by atoms with E-state index in [1.165, 1.54) is 0 Å². The zero-order valence-corrected chi connectivity index (χ0v) is 9.57. The summed E-state index contributed by atoms with van der Waals surface area (Å²) in [5, 5.41) is 12.7. The molecule has 0 saturated carbocycles. The van der Waals surface area contributed by atoms with E-state index < -0.39 is 22.8 Å². The lowest BCUT2D eigenvalue weighted by molar-refractivity contribution is -0.528. The SMILES string of the molecule is CCCC(NC(=O)OC(C)(C)C)[N+](=O)[O-]. The molecule has 0 aliphatic heterocycles. The zero-order valence-electron chi connectivity index (χ0n) is 9.57. The van der Waals surface area contributed by atoms with Gasteiger partial charge in [0.05, 0.1) is 0 Å². The van der Waals surface area contributed by atoms with Crippen molar-refractivity contribution in [3.63, 3.8) is 0 Å². The minimum absolute atomic E-state index is 0.298. The number of nitrogens with zero attached hydrogens (tertiary/aromatic N) is 1. The van der Waals surface area contributed by atoms with Crippen LogP contribution in [0.15, 0.2) is 0 Å². The molecule has 1 atom stereocenters. The van der Waals surface area contributed by atoms with Gasteiger partial charge in [0.2, 0.25) is 0 Å². The Morgan fingerprint density at radius 3 is 2.40 bits per heavy atom. The van der Waals surface area contributed by atoms with Crippen LogP contribution >= 0.6 is 0 Å². The molecule has 0 aliphatic rings. The largest absolute Gasteiger partial charge is 0.444 e. The van der Waals surface area contributed by atoms with E-state index in [9.17, 15) is 14.9 Å². The maximum Gasteiger partial charge on any atom is 0.412 e. The van der Waals surface area contributed by atoms with Crippen LogP contribution in [0.25, 0.3) is 0 Å². The Labute approximate surface area is 89.1 Å². The summed E-state index contributed by atoms with van der Waals surface area (Å²) in [6, 6.07) is 0. The van der Waals surface area contributed by atoms with E-state index in [1.807, 2.05) is 6.92 Å². The van der Waals surface area contributed by atoms with Crippen molar-refractivity contribution in [3.05, 3.63) is 10.1 Å². The molecule has 0 rings (SSSR count). The van der Waals surface area contributed by atoms with Crippen LogP contribution in [-0.2, 0) is 4.74 Å². The van der Waals surface area contributed by atoms with Gasteiger partial charge in [-0.25, -0.2) is 4.79 Å². The van der Waals surface area contributed by atoms with Crippen LogP contribution in [0.3, 0.4) is 0 Å². The third-order valence-corrected chi connectivity index (χ3v) is 1.50. The van der Waals surface area contributed by atoms with Gasteiger partial charge in [0.25, 0.3) is 6.17 Å². The normalized spacial score (nSPS) is 13.1. The van der Waals surface area contributed by atoms with E-state index in [4.69, 9.17) is 4.74 Å². The highest BCUT2D eigenvalue weighted by Crippen LogP contribution is 2.07. The molecule has 0 radical (unpaired) electrons. The summed E-state index contributed by atoms with van der Waals surface area (Å²) in [6.45, 7) is 6.92. The van der Waals surface area contributed by atoms with Crippen molar-refractivity contribution in [2.45, 2.75) is 52.3 Å². The zero-order chi connectivity index (χ0) is 12.1. The van der Waals surface area contributed by atoms with Crippen LogP contribution in [0.2, 0.25) is 0 Å². The summed E-state index contributed by atoms with van der Waals surface area (Å²) in [6.07, 6.45) is -0.893. The predicted octanol–water partition coefficient (Wildman–Crippen LogP) is 1.91. The first-order chi connectivity index (χ1) is 6.76. The lowest BCUT2D eigenvalue weighted by atomic mass is 10.2. The summed E-state index contributed by atoms with van der Waals surface area (Å²) in [5.41, 5.74) is -0.641. The molecule has 6 nitrogen and oxygen atoms in total. The molecule has 1 N–H and O–H groups in total. The smallest absolute Gasteiger partial charge is 0.412 e. The van der Waals surface area contributed by atoms with Crippen LogP contribution in [-0.4, -0.2) is 22.8 Å². The second-order valence-electron chi connectivity index (χ2n) is 4.24. The molecule has 0 aromatic carbocycles. The van der Waals surface area contributed by atoms with E-state index in [1.54, 1.807) is 20.8 Å². The first kappa shape index (κ1) is 13.7. The summed E-state index contributed by atoms with van der Waals surface area (Å²) in [5.74, 6) is 0. The molecule has 0 bridgehead atoms. The van der Waals surface area contributed by atoms with E-state index in [0.29, 0.717) is 12.8 Å². The second-order valence-corrected chi connectivity index (χ2v) is 4.24. The molecule has 0 fully saturated rings. The minimum Gasteiger partial charge on any atom is -0.444 e. The molecule has 0 heterocycles. The highest BCUT2D eigenvalue weighted by molar-refractivity contribution is 5.67. The fraction of sp³-hybridized carbons (Fsp3) is 0.889. The Balaban J connectivity index is 4.18. The second kappa shape index (κ2) is 5.53. The molecule has 0 aromatic heterocycles. The Bertz CT molecular complexity index is 235. The molecule has 15 heavy (non-hydrogen) atoms. The number of carbonyl (C=O) groups excluding carboxylic acids is 1. The molecular formula is C9H18N2O4. The van der Waals surface area contributed by atoms with E-state index >= 15 is 0 Å². The Morgan fingerprint density at radius 2 is 2.07 bits per heavy atom. The fourth-order valence-electron chi connectivity index (χ4n) is 0.947. The molecule has 88 valence electrons. The molecule has 0 saturated heterocycles. The number of ether oxygens (including phenoxy) is 1. The molecular weight excluding hydrogens is 200 g/mol. The van der Waals surface area contributed by atoms with Crippen LogP contribution in [0, 0.1) is 10.1 Å². The van der Waals surface area contributed by atoms with Gasteiger partial charge in [-0.15, -0.1) is 0 Å². The summed E-state index contributed by atoms with van der Waals surface area (Å²) in [4.78, 5) is 21.2. The highest BCUT2D eigenvalue weighted by Gasteiger charge is 2.24. The average Bonchev–Trinajstić information content (AvgIpc) is 1.99. The highest BCUT2D eigenvalue weighted by atomic mass is 16.6. The van der Waals surface area contributed by atoms with Crippen molar-refractivity contribution in [2.75, 3.05) is 0 Å². The van der Waals surface area contributed by atoms with Gasteiger partial charge in [-0.1, -0.05) is 6.92 Å². The number of hydrogen-bond donors (Lipinski definition) is 1. The number of nitrogens with one attached hydrogen (secondary N) is 1. The molecule has 1 unspecified atom stereocenters. The van der Waals surface area contributed by atoms with Gasteiger partial charge >= 0.3 is 6.09 Å². The number of amides is 1. The summed E-state index contributed by atoms with van der Waals surface area (Å²) < 4.78 is 4.91. The van der Waals surface area contributed by atoms with Crippen molar-refractivity contribution < 1.29 is 14.5 Å². The Hall–Kier alpha value is -1.33. The number of rotatable bonds is 4. The first-order valence-electron chi connectivity index (χ1n) is 4.89. The number of carbonyl (C=O) groups is 1. The molecule has 0 spiro atoms. The minimum atomic E-state index is -1.06. The molecule has 6 heteroatoms. The summed E-state index contributed by atoms with van der Waals surface area (Å²) >= 11 is 0. The Kier molecular flexibility index (Phi) is 5.04. The molecule has 0 aliphatic carbocycles.